The molecular weight excluding hydrogens is 574 g/mol. The molecule has 12 heteroatoms. The Morgan fingerprint density at radius 1 is 0.933 bits per heavy atom. The molecule has 0 bridgehead atoms. The maximum Gasteiger partial charge on any atom is 0.409 e. The number of carbonyl (C=O) groups is 3. The number of rotatable bonds is 7. The average Bonchev–Trinajstić information content (AvgIpc) is 3.62. The lowest BCUT2D eigenvalue weighted by Gasteiger charge is -2.28. The van der Waals surface area contributed by atoms with Crippen molar-refractivity contribution in [3.8, 4) is 16.9 Å². The Balaban J connectivity index is 1.04. The number of fused-ring (bicyclic) bond motifs is 3. The van der Waals surface area contributed by atoms with E-state index in [0.29, 0.717) is 48.9 Å². The number of ether oxygens (including phenoxy) is 1. The van der Waals surface area contributed by atoms with Crippen molar-refractivity contribution in [3.05, 3.63) is 84.3 Å². The number of hydrogen-bond donors (Lipinski definition) is 3. The molecule has 3 N–H and O–H groups in total. The molecule has 3 aliphatic heterocycles. The van der Waals surface area contributed by atoms with Gasteiger partial charge < -0.3 is 25.0 Å². The lowest BCUT2D eigenvalue weighted by Crippen LogP contribution is -2.31. The van der Waals surface area contributed by atoms with Crippen LogP contribution in [-0.4, -0.2) is 57.6 Å². The predicted octanol–water partition coefficient (Wildman–Crippen LogP) is 6.00. The van der Waals surface area contributed by atoms with Gasteiger partial charge in [-0.15, -0.1) is 0 Å². The number of nitrogens with one attached hydrogen (secondary N) is 2. The quantitative estimate of drug-likeness (QED) is 0.233. The first-order valence-electron chi connectivity index (χ1n) is 14.8. The molecule has 2 fully saturated rings. The molecule has 45 heavy (non-hydrogen) atoms. The maximum atomic E-state index is 13.3. The van der Waals surface area contributed by atoms with Crippen LogP contribution in [-0.2, 0) is 11.3 Å². The molecule has 3 aliphatic rings. The number of aromatic nitrogens is 2. The summed E-state index contributed by atoms with van der Waals surface area (Å²) >= 11 is 0. The van der Waals surface area contributed by atoms with Crippen LogP contribution < -0.4 is 25.2 Å². The number of pyridine rings is 2. The highest BCUT2D eigenvalue weighted by atomic mass is 16.5. The van der Waals surface area contributed by atoms with Gasteiger partial charge >= 0.3 is 12.1 Å². The van der Waals surface area contributed by atoms with Crippen LogP contribution in [0, 0.1) is 0 Å². The van der Waals surface area contributed by atoms with Gasteiger partial charge in [-0.2, -0.15) is 0 Å². The number of anilines is 5. The Hall–Kier alpha value is -5.65. The summed E-state index contributed by atoms with van der Waals surface area (Å²) in [5.74, 6) is 1.50. The Morgan fingerprint density at radius 2 is 1.78 bits per heavy atom. The largest absolute Gasteiger partial charge is 0.485 e. The van der Waals surface area contributed by atoms with E-state index in [1.54, 1.807) is 46.5 Å². The Morgan fingerprint density at radius 3 is 2.56 bits per heavy atom. The van der Waals surface area contributed by atoms with E-state index in [2.05, 4.69) is 20.6 Å². The molecule has 0 spiro atoms. The van der Waals surface area contributed by atoms with E-state index in [0.717, 1.165) is 46.7 Å². The minimum atomic E-state index is -1.12. The first-order valence-corrected chi connectivity index (χ1v) is 14.8. The van der Waals surface area contributed by atoms with E-state index < -0.39 is 6.09 Å². The molecule has 5 heterocycles. The lowest BCUT2D eigenvalue weighted by molar-refractivity contribution is -0.117. The van der Waals surface area contributed by atoms with Gasteiger partial charge in [0.1, 0.15) is 17.7 Å². The van der Waals surface area contributed by atoms with Crippen molar-refractivity contribution in [2.45, 2.75) is 32.4 Å². The van der Waals surface area contributed by atoms with Gasteiger partial charge in [0, 0.05) is 72.9 Å². The van der Waals surface area contributed by atoms with Crippen molar-refractivity contribution in [2.75, 3.05) is 40.1 Å². The summed E-state index contributed by atoms with van der Waals surface area (Å²) in [5, 5.41) is 14.5. The maximum absolute atomic E-state index is 13.3. The van der Waals surface area contributed by atoms with Crippen LogP contribution in [0.15, 0.2) is 73.2 Å². The Bertz CT molecular complexity index is 1810. The molecule has 4 aromatic rings. The van der Waals surface area contributed by atoms with Crippen molar-refractivity contribution in [1.29, 1.82) is 0 Å². The Kier molecular flexibility index (Phi) is 7.16. The number of amides is 4. The molecule has 2 saturated heterocycles. The van der Waals surface area contributed by atoms with E-state index in [1.165, 1.54) is 0 Å². The Labute approximate surface area is 259 Å². The molecule has 7 rings (SSSR count). The summed E-state index contributed by atoms with van der Waals surface area (Å²) in [4.78, 5) is 50.6. The third kappa shape index (κ3) is 5.57. The van der Waals surface area contributed by atoms with Crippen LogP contribution in [0.1, 0.15) is 37.0 Å². The zero-order valence-electron chi connectivity index (χ0n) is 24.6. The second kappa shape index (κ2) is 11.5. The van der Waals surface area contributed by atoms with Gasteiger partial charge in [-0.25, -0.2) is 14.6 Å². The van der Waals surface area contributed by atoms with Crippen LogP contribution >= 0.6 is 0 Å². The second-order valence-electron chi connectivity index (χ2n) is 11.3. The molecule has 2 aromatic heterocycles. The minimum absolute atomic E-state index is 0.129. The smallest absolute Gasteiger partial charge is 0.409 e. The average molecular weight is 606 g/mol. The SMILES string of the molecule is CC1Oc2cc(N3CCCC3=O)ccc2-c2cnc(Nc3cncc(N4CCN(Cc5ccc(NC(=O)O)cc5)C4=O)c3)cc21. The first-order chi connectivity index (χ1) is 21.8. The summed E-state index contributed by atoms with van der Waals surface area (Å²) < 4.78 is 6.29. The number of urea groups is 1. The fourth-order valence-electron chi connectivity index (χ4n) is 6.07. The number of carboxylic acid groups (broad SMARTS) is 1. The van der Waals surface area contributed by atoms with Crippen molar-refractivity contribution in [3.63, 3.8) is 0 Å². The van der Waals surface area contributed by atoms with E-state index in [4.69, 9.17) is 9.84 Å². The van der Waals surface area contributed by atoms with Gasteiger partial charge in [0.05, 0.1) is 23.8 Å². The van der Waals surface area contributed by atoms with Crippen LogP contribution in [0.4, 0.5) is 38.2 Å². The number of carbonyl (C=O) groups excluding carboxylic acids is 2. The van der Waals surface area contributed by atoms with Gasteiger partial charge in [0.25, 0.3) is 0 Å². The van der Waals surface area contributed by atoms with Crippen molar-refractivity contribution in [1.82, 2.24) is 14.9 Å². The molecule has 2 aromatic carbocycles. The van der Waals surface area contributed by atoms with Gasteiger partial charge in [0.2, 0.25) is 5.91 Å². The highest BCUT2D eigenvalue weighted by Gasteiger charge is 2.30. The van der Waals surface area contributed by atoms with Gasteiger partial charge in [0.15, 0.2) is 0 Å². The molecule has 1 atom stereocenters. The number of nitrogens with zero attached hydrogens (tertiary/aromatic N) is 5. The molecule has 12 nitrogen and oxygen atoms in total. The summed E-state index contributed by atoms with van der Waals surface area (Å²) in [5.41, 5.74) is 6.50. The highest BCUT2D eigenvalue weighted by Crippen LogP contribution is 2.44. The third-order valence-corrected chi connectivity index (χ3v) is 8.30. The summed E-state index contributed by atoms with van der Waals surface area (Å²) in [6.45, 7) is 4.20. The van der Waals surface area contributed by atoms with Crippen LogP contribution in [0.3, 0.4) is 0 Å². The van der Waals surface area contributed by atoms with E-state index in [1.807, 2.05) is 48.4 Å². The van der Waals surface area contributed by atoms with Crippen LogP contribution in [0.2, 0.25) is 0 Å². The monoisotopic (exact) mass is 605 g/mol. The minimum Gasteiger partial charge on any atom is -0.485 e. The van der Waals surface area contributed by atoms with E-state index >= 15 is 0 Å². The van der Waals surface area contributed by atoms with Crippen molar-refractivity contribution >= 4 is 46.6 Å². The zero-order chi connectivity index (χ0) is 31.1. The first kappa shape index (κ1) is 28.1. The van der Waals surface area contributed by atoms with Gasteiger partial charge in [-0.3, -0.25) is 20.0 Å². The molecule has 0 saturated carbocycles. The fraction of sp³-hybridized carbons (Fsp3) is 0.242. The summed E-state index contributed by atoms with van der Waals surface area (Å²) in [7, 11) is 0. The van der Waals surface area contributed by atoms with E-state index in [-0.39, 0.29) is 18.0 Å². The third-order valence-electron chi connectivity index (χ3n) is 8.30. The zero-order valence-corrected chi connectivity index (χ0v) is 24.6. The molecule has 228 valence electrons. The van der Waals surface area contributed by atoms with Crippen molar-refractivity contribution in [2.24, 2.45) is 0 Å². The molecule has 0 aliphatic carbocycles. The van der Waals surface area contributed by atoms with Gasteiger partial charge in [-0.05, 0) is 55.3 Å². The summed E-state index contributed by atoms with van der Waals surface area (Å²) in [6, 6.07) is 16.6. The molecule has 1 unspecified atom stereocenters. The van der Waals surface area contributed by atoms with Crippen LogP contribution in [0.5, 0.6) is 5.75 Å². The second-order valence-corrected chi connectivity index (χ2v) is 11.3. The van der Waals surface area contributed by atoms with E-state index in [9.17, 15) is 14.4 Å². The van der Waals surface area contributed by atoms with Crippen LogP contribution in [0.25, 0.3) is 11.1 Å². The molecular formula is C33H31N7O5. The lowest BCUT2D eigenvalue weighted by atomic mass is 9.94. The van der Waals surface area contributed by atoms with Crippen molar-refractivity contribution < 1.29 is 24.2 Å². The predicted molar refractivity (Wildman–Crippen MR) is 169 cm³/mol. The number of hydrogen-bond acceptors (Lipinski definition) is 7. The highest BCUT2D eigenvalue weighted by molar-refractivity contribution is 5.96. The fourth-order valence-corrected chi connectivity index (χ4v) is 6.07. The topological polar surface area (TPSA) is 140 Å². The molecule has 0 radical (unpaired) electrons. The standard InChI is InChI=1S/C33H31N7O5/c1-20-27-15-30(35-18-28(27)26-9-8-24(14-29(26)45-20)39-10-2-3-31(39)41)36-23-13-25(17-34-16-23)40-12-11-38(33(40)44)19-21-4-6-22(7-5-21)37-32(42)43/h4-9,13-18,20,37H,2-3,10-12,19H2,1H3,(H,35,36)(H,42,43). The summed E-state index contributed by atoms with van der Waals surface area (Å²) in [6.07, 6.45) is 5.28. The van der Waals surface area contributed by atoms with Gasteiger partial charge in [-0.1, -0.05) is 12.1 Å². The number of benzene rings is 2. The normalized spacial score (nSPS) is 17.2. The molecule has 4 amide bonds.